The topological polar surface area (TPSA) is 70.7 Å². The van der Waals surface area contributed by atoms with Gasteiger partial charge < -0.3 is 15.4 Å². The Bertz CT molecular complexity index is 788. The number of rotatable bonds is 9. The molecule has 2 aromatic rings. The molecule has 0 aromatic heterocycles. The van der Waals surface area contributed by atoms with Crippen LogP contribution < -0.4 is 15.4 Å². The van der Waals surface area contributed by atoms with Gasteiger partial charge in [0.2, 0.25) is 11.8 Å². The number of likely N-dealkylation sites (N-methyl/N-ethyl adjacent to an activating group) is 1. The fraction of sp³-hybridized carbons (Fsp3) is 0.364. The van der Waals surface area contributed by atoms with Gasteiger partial charge in [-0.3, -0.25) is 14.5 Å². The molecule has 3 rings (SSSR count). The van der Waals surface area contributed by atoms with Crippen molar-refractivity contribution >= 4 is 11.8 Å². The molecule has 148 valence electrons. The van der Waals surface area contributed by atoms with Gasteiger partial charge in [-0.05, 0) is 43.1 Å². The van der Waals surface area contributed by atoms with Gasteiger partial charge in [0, 0.05) is 6.04 Å². The minimum Gasteiger partial charge on any atom is -0.497 e. The molecule has 0 spiro atoms. The molecule has 1 fully saturated rings. The van der Waals surface area contributed by atoms with E-state index in [-0.39, 0.29) is 30.9 Å². The van der Waals surface area contributed by atoms with Crippen LogP contribution in [0.5, 0.6) is 5.75 Å². The molecule has 1 aliphatic rings. The molecule has 6 heteroatoms. The maximum Gasteiger partial charge on any atom is 0.234 e. The number of hydrogen-bond donors (Lipinski definition) is 2. The Morgan fingerprint density at radius 2 is 1.61 bits per heavy atom. The van der Waals surface area contributed by atoms with Crippen molar-refractivity contribution in [3.63, 3.8) is 0 Å². The standard InChI is InChI=1S/C22H27N3O3/c1-25(14-20(26)23-18-10-11-18)15-21(27)24-22(16-6-4-3-5-7-16)17-8-12-19(28-2)13-9-17/h3-9,12-13,18,22H,10-11,14-15H2,1-2H3,(H,23,26)(H,24,27)/t22-/m1/s1. The van der Waals surface area contributed by atoms with Gasteiger partial charge in [-0.1, -0.05) is 42.5 Å². The summed E-state index contributed by atoms with van der Waals surface area (Å²) in [4.78, 5) is 26.3. The molecule has 0 bridgehead atoms. The summed E-state index contributed by atoms with van der Waals surface area (Å²) in [5.74, 6) is 0.599. The van der Waals surface area contributed by atoms with E-state index in [1.54, 1.807) is 19.1 Å². The zero-order valence-electron chi connectivity index (χ0n) is 16.4. The van der Waals surface area contributed by atoms with Crippen LogP contribution in [0.3, 0.4) is 0 Å². The highest BCUT2D eigenvalue weighted by atomic mass is 16.5. The lowest BCUT2D eigenvalue weighted by molar-refractivity contribution is -0.124. The first kappa shape index (κ1) is 19.9. The van der Waals surface area contributed by atoms with Gasteiger partial charge in [-0.25, -0.2) is 0 Å². The second-order valence-corrected chi connectivity index (χ2v) is 7.20. The molecule has 0 unspecified atom stereocenters. The summed E-state index contributed by atoms with van der Waals surface area (Å²) in [6.45, 7) is 0.361. The van der Waals surface area contributed by atoms with E-state index in [9.17, 15) is 9.59 Å². The van der Waals surface area contributed by atoms with Crippen LogP contribution >= 0.6 is 0 Å². The SMILES string of the molecule is COc1ccc([C@H](NC(=O)CN(C)CC(=O)NC2CC2)c2ccccc2)cc1. The van der Waals surface area contributed by atoms with Crippen molar-refractivity contribution in [2.75, 3.05) is 27.2 Å². The first-order valence-corrected chi connectivity index (χ1v) is 9.51. The zero-order valence-corrected chi connectivity index (χ0v) is 16.4. The van der Waals surface area contributed by atoms with E-state index in [1.807, 2.05) is 54.6 Å². The third-order valence-electron chi connectivity index (χ3n) is 4.66. The van der Waals surface area contributed by atoms with E-state index in [2.05, 4.69) is 10.6 Å². The number of carbonyl (C=O) groups is 2. The summed E-state index contributed by atoms with van der Waals surface area (Å²) >= 11 is 0. The van der Waals surface area contributed by atoms with Crippen molar-refractivity contribution < 1.29 is 14.3 Å². The summed E-state index contributed by atoms with van der Waals surface area (Å²) in [7, 11) is 3.40. The Morgan fingerprint density at radius 1 is 1.00 bits per heavy atom. The maximum atomic E-state index is 12.6. The van der Waals surface area contributed by atoms with E-state index in [4.69, 9.17) is 4.74 Å². The quantitative estimate of drug-likeness (QED) is 0.698. The first-order chi connectivity index (χ1) is 13.5. The van der Waals surface area contributed by atoms with Crippen LogP contribution in [-0.4, -0.2) is 50.0 Å². The molecule has 2 aromatic carbocycles. The fourth-order valence-corrected chi connectivity index (χ4v) is 3.05. The van der Waals surface area contributed by atoms with E-state index >= 15 is 0 Å². The normalized spacial score (nSPS) is 14.4. The molecule has 6 nitrogen and oxygen atoms in total. The van der Waals surface area contributed by atoms with Crippen molar-refractivity contribution in [2.45, 2.75) is 24.9 Å². The first-order valence-electron chi connectivity index (χ1n) is 9.51. The molecule has 2 N–H and O–H groups in total. The Morgan fingerprint density at radius 3 is 2.21 bits per heavy atom. The fourth-order valence-electron chi connectivity index (χ4n) is 3.05. The molecule has 1 saturated carbocycles. The van der Waals surface area contributed by atoms with Gasteiger partial charge >= 0.3 is 0 Å². The van der Waals surface area contributed by atoms with Crippen molar-refractivity contribution in [1.29, 1.82) is 0 Å². The Labute approximate surface area is 165 Å². The van der Waals surface area contributed by atoms with Crippen molar-refractivity contribution in [3.8, 4) is 5.75 Å². The number of nitrogens with zero attached hydrogens (tertiary/aromatic N) is 1. The summed E-state index contributed by atoms with van der Waals surface area (Å²) < 4.78 is 5.23. The average Bonchev–Trinajstić information content (AvgIpc) is 3.50. The molecule has 0 heterocycles. The molecular formula is C22H27N3O3. The van der Waals surface area contributed by atoms with Gasteiger partial charge in [-0.15, -0.1) is 0 Å². The zero-order chi connectivity index (χ0) is 19.9. The predicted molar refractivity (Wildman–Crippen MR) is 108 cm³/mol. The molecule has 0 saturated heterocycles. The van der Waals surface area contributed by atoms with Gasteiger partial charge in [-0.2, -0.15) is 0 Å². The van der Waals surface area contributed by atoms with Crippen molar-refractivity contribution in [2.24, 2.45) is 0 Å². The van der Waals surface area contributed by atoms with E-state index in [0.717, 1.165) is 29.7 Å². The molecule has 2 amide bonds. The summed E-state index contributed by atoms with van der Waals surface area (Å²) in [5, 5.41) is 6.03. The van der Waals surface area contributed by atoms with Crippen LogP contribution in [0.15, 0.2) is 54.6 Å². The molecule has 1 atom stereocenters. The van der Waals surface area contributed by atoms with E-state index in [0.29, 0.717) is 6.04 Å². The van der Waals surface area contributed by atoms with Gasteiger partial charge in [0.05, 0.1) is 26.2 Å². The lowest BCUT2D eigenvalue weighted by Gasteiger charge is -2.22. The smallest absolute Gasteiger partial charge is 0.234 e. The number of ether oxygens (including phenoxy) is 1. The maximum absolute atomic E-state index is 12.6. The van der Waals surface area contributed by atoms with Gasteiger partial charge in [0.15, 0.2) is 0 Å². The van der Waals surface area contributed by atoms with Crippen molar-refractivity contribution in [1.82, 2.24) is 15.5 Å². The largest absolute Gasteiger partial charge is 0.497 e. The highest BCUT2D eigenvalue weighted by molar-refractivity contribution is 5.81. The molecule has 28 heavy (non-hydrogen) atoms. The number of nitrogens with one attached hydrogen (secondary N) is 2. The lowest BCUT2D eigenvalue weighted by Crippen LogP contribution is -2.42. The highest BCUT2D eigenvalue weighted by Crippen LogP contribution is 2.24. The third kappa shape index (κ3) is 5.82. The number of amides is 2. The van der Waals surface area contributed by atoms with Crippen molar-refractivity contribution in [3.05, 3.63) is 65.7 Å². The Balaban J connectivity index is 1.64. The minimum atomic E-state index is -0.270. The number of hydrogen-bond acceptors (Lipinski definition) is 4. The van der Waals surface area contributed by atoms with Gasteiger partial charge in [0.1, 0.15) is 5.75 Å². The number of methoxy groups -OCH3 is 1. The molecule has 1 aliphatic carbocycles. The third-order valence-corrected chi connectivity index (χ3v) is 4.66. The van der Waals surface area contributed by atoms with Crippen LogP contribution in [0, 0.1) is 0 Å². The highest BCUT2D eigenvalue weighted by Gasteiger charge is 2.24. The summed E-state index contributed by atoms with van der Waals surface area (Å²) in [6.07, 6.45) is 2.10. The molecule has 0 radical (unpaired) electrons. The van der Waals surface area contributed by atoms with Crippen LogP contribution in [0.25, 0.3) is 0 Å². The monoisotopic (exact) mass is 381 g/mol. The average molecular weight is 381 g/mol. The second-order valence-electron chi connectivity index (χ2n) is 7.20. The Kier molecular flexibility index (Phi) is 6.66. The predicted octanol–water partition coefficient (Wildman–Crippen LogP) is 2.11. The van der Waals surface area contributed by atoms with Crippen LogP contribution in [0.2, 0.25) is 0 Å². The van der Waals surface area contributed by atoms with E-state index < -0.39 is 0 Å². The van der Waals surface area contributed by atoms with Crippen LogP contribution in [-0.2, 0) is 9.59 Å². The summed E-state index contributed by atoms with van der Waals surface area (Å²) in [6, 6.07) is 17.5. The van der Waals surface area contributed by atoms with E-state index in [1.165, 1.54) is 0 Å². The lowest BCUT2D eigenvalue weighted by atomic mass is 9.98. The molecular weight excluding hydrogens is 354 g/mol. The Hall–Kier alpha value is -2.86. The number of carbonyl (C=O) groups excluding carboxylic acids is 2. The molecule has 0 aliphatic heterocycles. The number of benzene rings is 2. The summed E-state index contributed by atoms with van der Waals surface area (Å²) in [5.41, 5.74) is 1.96. The van der Waals surface area contributed by atoms with Gasteiger partial charge in [0.25, 0.3) is 0 Å². The second kappa shape index (κ2) is 9.37. The van der Waals surface area contributed by atoms with Crippen LogP contribution in [0.1, 0.15) is 30.0 Å². The minimum absolute atomic E-state index is 0.0347. The van der Waals surface area contributed by atoms with Crippen LogP contribution in [0.4, 0.5) is 0 Å².